The van der Waals surface area contributed by atoms with Crippen molar-refractivity contribution in [3.63, 3.8) is 0 Å². The van der Waals surface area contributed by atoms with Gasteiger partial charge >= 0.3 is 5.97 Å². The van der Waals surface area contributed by atoms with Crippen LogP contribution in [0.15, 0.2) is 23.3 Å². The van der Waals surface area contributed by atoms with E-state index in [1.54, 1.807) is 6.08 Å². The van der Waals surface area contributed by atoms with Crippen molar-refractivity contribution in [1.82, 2.24) is 9.80 Å². The minimum atomic E-state index is -0.555. The summed E-state index contributed by atoms with van der Waals surface area (Å²) >= 11 is 0. The summed E-state index contributed by atoms with van der Waals surface area (Å²) in [6, 6.07) is 0.265. The lowest BCUT2D eigenvalue weighted by Crippen LogP contribution is -2.53. The molecule has 2 atom stereocenters. The van der Waals surface area contributed by atoms with Gasteiger partial charge in [-0.3, -0.25) is 9.80 Å². The number of ether oxygens (including phenoxy) is 1. The van der Waals surface area contributed by atoms with E-state index in [0.717, 1.165) is 63.1 Å². The molecule has 3 aliphatic rings. The van der Waals surface area contributed by atoms with Gasteiger partial charge in [0.05, 0.1) is 12.6 Å². The second kappa shape index (κ2) is 8.41. The average molecular weight is 357 g/mol. The fraction of sp³-hybridized carbons (Fsp3) is 0.682. The van der Waals surface area contributed by atoms with E-state index in [4.69, 9.17) is 4.74 Å². The molecule has 0 radical (unpaired) electrons. The van der Waals surface area contributed by atoms with Crippen LogP contribution < -0.4 is 0 Å². The Bertz CT molecular complexity index is 649. The summed E-state index contributed by atoms with van der Waals surface area (Å²) in [5, 5.41) is 0. The average Bonchev–Trinajstić information content (AvgIpc) is 2.88. The quantitative estimate of drug-likeness (QED) is 0.560. The Kier molecular flexibility index (Phi) is 6.21. The van der Waals surface area contributed by atoms with E-state index in [2.05, 4.69) is 48.5 Å². The highest BCUT2D eigenvalue weighted by molar-refractivity contribution is 5.89. The molecule has 1 saturated heterocycles. The van der Waals surface area contributed by atoms with E-state index in [0.29, 0.717) is 0 Å². The lowest BCUT2D eigenvalue weighted by molar-refractivity contribution is -0.150. The Morgan fingerprint density at radius 1 is 1.31 bits per heavy atom. The first kappa shape index (κ1) is 19.2. The van der Waals surface area contributed by atoms with E-state index in [9.17, 15) is 4.79 Å². The largest absolute Gasteiger partial charge is 0.450 e. The summed E-state index contributed by atoms with van der Waals surface area (Å²) in [5.41, 5.74) is 1.42. The van der Waals surface area contributed by atoms with Crippen molar-refractivity contribution in [1.29, 1.82) is 0 Å². The van der Waals surface area contributed by atoms with Gasteiger partial charge in [-0.1, -0.05) is 38.2 Å². The van der Waals surface area contributed by atoms with Gasteiger partial charge in [-0.2, -0.15) is 0 Å². The molecule has 1 fully saturated rings. The van der Waals surface area contributed by atoms with Gasteiger partial charge < -0.3 is 4.74 Å². The normalized spacial score (nSPS) is 28.3. The summed E-state index contributed by atoms with van der Waals surface area (Å²) in [5.74, 6) is 6.52. The highest BCUT2D eigenvalue weighted by Gasteiger charge is 2.50. The van der Waals surface area contributed by atoms with Crippen LogP contribution in [0.1, 0.15) is 52.9 Å². The number of hydrogen-bond donors (Lipinski definition) is 0. The van der Waals surface area contributed by atoms with E-state index in [1.165, 1.54) is 12.8 Å². The monoisotopic (exact) mass is 356 g/mol. The molecule has 3 heterocycles. The zero-order chi connectivity index (χ0) is 18.6. The van der Waals surface area contributed by atoms with Gasteiger partial charge in [0.2, 0.25) is 0 Å². The maximum Gasteiger partial charge on any atom is 0.332 e. The molecule has 0 aromatic carbocycles. The van der Waals surface area contributed by atoms with Crippen molar-refractivity contribution in [3.8, 4) is 11.8 Å². The van der Waals surface area contributed by atoms with Crippen molar-refractivity contribution in [2.24, 2.45) is 0 Å². The third kappa shape index (κ3) is 3.89. The van der Waals surface area contributed by atoms with Gasteiger partial charge in [0.25, 0.3) is 0 Å². The van der Waals surface area contributed by atoms with Crippen molar-refractivity contribution >= 4 is 5.97 Å². The van der Waals surface area contributed by atoms with E-state index in [1.807, 2.05) is 0 Å². The minimum Gasteiger partial charge on any atom is -0.450 e. The molecule has 3 aliphatic heterocycles. The molecule has 0 aromatic heterocycles. The molecule has 0 spiro atoms. The van der Waals surface area contributed by atoms with Crippen molar-refractivity contribution < 1.29 is 9.53 Å². The van der Waals surface area contributed by atoms with Crippen LogP contribution in [0.4, 0.5) is 0 Å². The zero-order valence-corrected chi connectivity index (χ0v) is 16.5. The Morgan fingerprint density at radius 3 is 2.81 bits per heavy atom. The third-order valence-electron chi connectivity index (χ3n) is 5.78. The molecule has 0 unspecified atom stereocenters. The molecular weight excluding hydrogens is 324 g/mol. The second-order valence-electron chi connectivity index (χ2n) is 7.79. The van der Waals surface area contributed by atoms with Crippen LogP contribution in [-0.2, 0) is 9.53 Å². The standard InChI is InChI=1S/C22H32N2O2/c1-4-12-23(13-5-2)14-8-9-18-11-16-24-15-7-6-10-20(24)22(3)19(18)17-21(25)26-22/h11,17,20H,4-7,10,12-16H2,1-3H3/t20-,22+/m1/s1. The van der Waals surface area contributed by atoms with Gasteiger partial charge in [-0.05, 0) is 52.2 Å². The van der Waals surface area contributed by atoms with Crippen LogP contribution >= 0.6 is 0 Å². The van der Waals surface area contributed by atoms with E-state index >= 15 is 0 Å². The SMILES string of the molecule is CCCN(CC#CC1=CCN2CCCC[C@@H]2[C@@]2(C)OC(=O)C=C12)CCC. The number of hydrogen-bond acceptors (Lipinski definition) is 4. The van der Waals surface area contributed by atoms with E-state index < -0.39 is 5.60 Å². The summed E-state index contributed by atoms with van der Waals surface area (Å²) in [6.45, 7) is 11.4. The molecule has 0 bridgehead atoms. The number of rotatable bonds is 5. The van der Waals surface area contributed by atoms with Crippen molar-refractivity contribution in [3.05, 3.63) is 23.3 Å². The molecule has 142 valence electrons. The molecule has 0 aliphatic carbocycles. The molecule has 3 rings (SSSR count). The highest BCUT2D eigenvalue weighted by Crippen LogP contribution is 2.42. The summed E-state index contributed by atoms with van der Waals surface area (Å²) < 4.78 is 5.84. The van der Waals surface area contributed by atoms with Crippen LogP contribution in [0.5, 0.6) is 0 Å². The van der Waals surface area contributed by atoms with Crippen LogP contribution in [0, 0.1) is 11.8 Å². The summed E-state index contributed by atoms with van der Waals surface area (Å²) in [6.07, 6.45) is 9.67. The highest BCUT2D eigenvalue weighted by atomic mass is 16.6. The van der Waals surface area contributed by atoms with Gasteiger partial charge in [-0.25, -0.2) is 4.79 Å². The summed E-state index contributed by atoms with van der Waals surface area (Å²) in [4.78, 5) is 17.0. The van der Waals surface area contributed by atoms with Crippen LogP contribution in [-0.4, -0.2) is 60.1 Å². The molecular formula is C22H32N2O2. The maximum absolute atomic E-state index is 12.1. The van der Waals surface area contributed by atoms with Gasteiger partial charge in [-0.15, -0.1) is 0 Å². The lowest BCUT2D eigenvalue weighted by atomic mass is 9.81. The van der Waals surface area contributed by atoms with Gasteiger partial charge in [0.15, 0.2) is 5.60 Å². The maximum atomic E-state index is 12.1. The van der Waals surface area contributed by atoms with E-state index in [-0.39, 0.29) is 12.0 Å². The first-order valence-electron chi connectivity index (χ1n) is 10.2. The predicted molar refractivity (Wildman–Crippen MR) is 105 cm³/mol. The Hall–Kier alpha value is -1.57. The first-order chi connectivity index (χ1) is 12.6. The van der Waals surface area contributed by atoms with Gasteiger partial charge in [0.1, 0.15) is 0 Å². The first-order valence-corrected chi connectivity index (χ1v) is 10.2. The molecule has 4 nitrogen and oxygen atoms in total. The van der Waals surface area contributed by atoms with Crippen LogP contribution in [0.3, 0.4) is 0 Å². The zero-order valence-electron chi connectivity index (χ0n) is 16.5. The topological polar surface area (TPSA) is 32.8 Å². The fourth-order valence-corrected chi connectivity index (χ4v) is 4.57. The minimum absolute atomic E-state index is 0.221. The number of piperidine rings is 1. The number of fused-ring (bicyclic) bond motifs is 3. The number of nitrogens with zero attached hydrogens (tertiary/aromatic N) is 2. The smallest absolute Gasteiger partial charge is 0.332 e. The molecule has 0 N–H and O–H groups in total. The number of esters is 1. The lowest BCUT2D eigenvalue weighted by Gasteiger charge is -2.43. The molecule has 0 saturated carbocycles. The third-order valence-corrected chi connectivity index (χ3v) is 5.78. The van der Waals surface area contributed by atoms with Crippen LogP contribution in [0.25, 0.3) is 0 Å². The fourth-order valence-electron chi connectivity index (χ4n) is 4.57. The van der Waals surface area contributed by atoms with Crippen molar-refractivity contribution in [2.45, 2.75) is 64.5 Å². The molecule has 4 heteroatoms. The Morgan fingerprint density at radius 2 is 2.08 bits per heavy atom. The number of carbonyl (C=O) groups excluding carboxylic acids is 1. The Labute approximate surface area is 158 Å². The second-order valence-corrected chi connectivity index (χ2v) is 7.79. The predicted octanol–water partition coefficient (Wildman–Crippen LogP) is 3.15. The molecule has 0 aromatic rings. The molecule has 0 amide bonds. The van der Waals surface area contributed by atoms with Gasteiger partial charge in [0, 0.05) is 23.8 Å². The van der Waals surface area contributed by atoms with Crippen molar-refractivity contribution in [2.75, 3.05) is 32.7 Å². The summed E-state index contributed by atoms with van der Waals surface area (Å²) in [7, 11) is 0. The Balaban J connectivity index is 1.83. The molecule has 26 heavy (non-hydrogen) atoms. The number of carbonyl (C=O) groups is 1. The van der Waals surface area contributed by atoms with Crippen LogP contribution in [0.2, 0.25) is 0 Å².